The van der Waals surface area contributed by atoms with Gasteiger partial charge in [-0.25, -0.2) is 4.79 Å². The lowest BCUT2D eigenvalue weighted by Gasteiger charge is -2.30. The molecule has 1 atom stereocenters. The normalized spacial score (nSPS) is 16.0. The van der Waals surface area contributed by atoms with Crippen molar-refractivity contribution >= 4 is 34.7 Å². The van der Waals surface area contributed by atoms with E-state index < -0.39 is 11.9 Å². The average Bonchev–Trinajstić information content (AvgIpc) is 3.28. The van der Waals surface area contributed by atoms with Crippen LogP contribution in [0.1, 0.15) is 42.6 Å². The molecule has 1 aliphatic rings. The Morgan fingerprint density at radius 3 is 2.54 bits per heavy atom. The minimum absolute atomic E-state index is 0.299. The van der Waals surface area contributed by atoms with Crippen molar-refractivity contribution in [3.63, 3.8) is 0 Å². The fraction of sp³-hybridized carbons (Fsp3) is 0.269. The summed E-state index contributed by atoms with van der Waals surface area (Å²) in [5.41, 5.74) is 4.30. The Kier molecular flexibility index (Phi) is 7.60. The number of aromatic nitrogens is 2. The largest absolute Gasteiger partial charge is 0.466 e. The zero-order chi connectivity index (χ0) is 25.1. The summed E-state index contributed by atoms with van der Waals surface area (Å²) in [6, 6.07) is 15.5. The van der Waals surface area contributed by atoms with Crippen molar-refractivity contribution < 1.29 is 14.1 Å². The van der Waals surface area contributed by atoms with Crippen LogP contribution in [-0.4, -0.2) is 35.2 Å². The summed E-state index contributed by atoms with van der Waals surface area (Å²) >= 11 is 13.0. The Morgan fingerprint density at radius 2 is 1.83 bits per heavy atom. The third-order valence-electron chi connectivity index (χ3n) is 5.86. The number of methoxy groups -OCH3 is 1. The summed E-state index contributed by atoms with van der Waals surface area (Å²) in [5.74, 6) is -0.262. The zero-order valence-electron chi connectivity index (χ0n) is 19.9. The van der Waals surface area contributed by atoms with E-state index in [-0.39, 0.29) is 0 Å². The van der Waals surface area contributed by atoms with Crippen LogP contribution in [0, 0.1) is 0 Å². The molecule has 0 saturated carbocycles. The number of hydrogen-bond acceptors (Lipinski definition) is 7. The molecule has 1 aliphatic heterocycles. The lowest BCUT2D eigenvalue weighted by molar-refractivity contribution is -0.136. The lowest BCUT2D eigenvalue weighted by Crippen LogP contribution is -2.28. The molecule has 1 aromatic heterocycles. The van der Waals surface area contributed by atoms with E-state index in [1.807, 2.05) is 45.2 Å². The van der Waals surface area contributed by atoms with Gasteiger partial charge in [0.1, 0.15) is 0 Å². The van der Waals surface area contributed by atoms with Crippen molar-refractivity contribution in [2.75, 3.05) is 14.2 Å². The number of ether oxygens (including phenoxy) is 1. The summed E-state index contributed by atoms with van der Waals surface area (Å²) in [4.78, 5) is 19.6. The Bertz CT molecular complexity index is 1300. The number of hydrogen-bond donors (Lipinski definition) is 1. The quantitative estimate of drug-likeness (QED) is 0.414. The number of halogens is 2. The zero-order valence-corrected chi connectivity index (χ0v) is 21.4. The lowest BCUT2D eigenvalue weighted by atomic mass is 9.80. The summed E-state index contributed by atoms with van der Waals surface area (Å²) in [5, 5.41) is 8.19. The van der Waals surface area contributed by atoms with E-state index in [1.165, 1.54) is 12.7 Å². The highest BCUT2D eigenvalue weighted by atomic mass is 35.5. The van der Waals surface area contributed by atoms with Crippen molar-refractivity contribution in [2.45, 2.75) is 32.9 Å². The number of nitrogens with one attached hydrogen (secondary N) is 1. The molecule has 9 heteroatoms. The van der Waals surface area contributed by atoms with Gasteiger partial charge in [0.15, 0.2) is 5.82 Å². The summed E-state index contributed by atoms with van der Waals surface area (Å²) in [6.07, 6.45) is 0. The Morgan fingerprint density at radius 1 is 1.09 bits per heavy atom. The molecule has 1 unspecified atom stereocenters. The second-order valence-corrected chi connectivity index (χ2v) is 9.23. The summed E-state index contributed by atoms with van der Waals surface area (Å²) in [6.45, 7) is 4.93. The number of carbonyl (C=O) groups excluding carboxylic acids is 1. The van der Waals surface area contributed by atoms with E-state index in [0.717, 1.165) is 12.2 Å². The molecule has 1 N–H and O–H groups in total. The van der Waals surface area contributed by atoms with Crippen molar-refractivity contribution in [1.82, 2.24) is 20.4 Å². The van der Waals surface area contributed by atoms with Crippen LogP contribution < -0.4 is 5.32 Å². The number of carbonyl (C=O) groups is 1. The van der Waals surface area contributed by atoms with E-state index >= 15 is 0 Å². The van der Waals surface area contributed by atoms with Gasteiger partial charge < -0.3 is 14.6 Å². The van der Waals surface area contributed by atoms with Gasteiger partial charge in [-0.2, -0.15) is 4.98 Å². The van der Waals surface area contributed by atoms with Crippen LogP contribution in [0.3, 0.4) is 0 Å². The molecule has 0 spiro atoms. The van der Waals surface area contributed by atoms with Gasteiger partial charge in [0, 0.05) is 23.5 Å². The first-order valence-electron chi connectivity index (χ1n) is 11.1. The average molecular weight is 513 g/mol. The third kappa shape index (κ3) is 5.27. The smallest absolute Gasteiger partial charge is 0.336 e. The number of benzene rings is 2. The summed E-state index contributed by atoms with van der Waals surface area (Å²) in [7, 11) is 3.34. The van der Waals surface area contributed by atoms with Gasteiger partial charge in [-0.3, -0.25) is 4.90 Å². The maximum Gasteiger partial charge on any atom is 0.336 e. The van der Waals surface area contributed by atoms with E-state index in [4.69, 9.17) is 32.5 Å². The highest BCUT2D eigenvalue weighted by molar-refractivity contribution is 6.42. The fourth-order valence-electron chi connectivity index (χ4n) is 4.33. The molecule has 7 nitrogen and oxygen atoms in total. The molecule has 0 fully saturated rings. The van der Waals surface area contributed by atoms with E-state index in [2.05, 4.69) is 32.5 Å². The minimum Gasteiger partial charge on any atom is -0.466 e. The molecule has 0 saturated heterocycles. The Balaban J connectivity index is 1.71. The summed E-state index contributed by atoms with van der Waals surface area (Å²) < 4.78 is 10.8. The SMILES string of the molecule is COC(=O)C1=C(C)NC(C)=C(c2nc(CN(C)Cc3ccccc3)no2)C1c1cccc(Cl)c1Cl. The first-order chi connectivity index (χ1) is 16.8. The topological polar surface area (TPSA) is 80.5 Å². The number of allylic oxidation sites excluding steroid dienone is 3. The second-order valence-electron chi connectivity index (χ2n) is 8.44. The molecule has 0 aliphatic carbocycles. The van der Waals surface area contributed by atoms with Gasteiger partial charge in [0.05, 0.1) is 35.2 Å². The van der Waals surface area contributed by atoms with Crippen LogP contribution in [-0.2, 0) is 22.6 Å². The molecular weight excluding hydrogens is 487 g/mol. The van der Waals surface area contributed by atoms with Crippen molar-refractivity contribution in [2.24, 2.45) is 0 Å². The van der Waals surface area contributed by atoms with Crippen LogP contribution in [0.4, 0.5) is 0 Å². The van der Waals surface area contributed by atoms with Gasteiger partial charge in [0.25, 0.3) is 5.89 Å². The van der Waals surface area contributed by atoms with Crippen LogP contribution in [0.5, 0.6) is 0 Å². The van der Waals surface area contributed by atoms with Crippen LogP contribution in [0.2, 0.25) is 10.0 Å². The van der Waals surface area contributed by atoms with Crippen molar-refractivity contribution in [1.29, 1.82) is 0 Å². The predicted molar refractivity (Wildman–Crippen MR) is 136 cm³/mol. The molecular formula is C26H26Cl2N4O3. The van der Waals surface area contributed by atoms with Gasteiger partial charge in [-0.15, -0.1) is 0 Å². The van der Waals surface area contributed by atoms with Gasteiger partial charge >= 0.3 is 5.97 Å². The van der Waals surface area contributed by atoms with Gasteiger partial charge in [-0.1, -0.05) is 70.8 Å². The molecule has 0 amide bonds. The maximum absolute atomic E-state index is 12.9. The Hall–Kier alpha value is -3.13. The fourth-order valence-corrected chi connectivity index (χ4v) is 4.75. The van der Waals surface area contributed by atoms with Gasteiger partial charge in [-0.05, 0) is 38.1 Å². The highest BCUT2D eigenvalue weighted by Crippen LogP contribution is 2.46. The molecule has 2 aromatic carbocycles. The first-order valence-corrected chi connectivity index (χ1v) is 11.8. The molecule has 0 radical (unpaired) electrons. The molecule has 3 aromatic rings. The molecule has 4 rings (SSSR count). The number of rotatable bonds is 7. The molecule has 0 bridgehead atoms. The Labute approximate surface area is 214 Å². The third-order valence-corrected chi connectivity index (χ3v) is 6.70. The predicted octanol–water partition coefficient (Wildman–Crippen LogP) is 5.57. The number of nitrogens with zero attached hydrogens (tertiary/aromatic N) is 3. The maximum atomic E-state index is 12.9. The number of esters is 1. The monoisotopic (exact) mass is 512 g/mol. The minimum atomic E-state index is -0.606. The molecule has 35 heavy (non-hydrogen) atoms. The van der Waals surface area contributed by atoms with Crippen LogP contribution >= 0.6 is 23.2 Å². The van der Waals surface area contributed by atoms with Crippen molar-refractivity contribution in [3.8, 4) is 0 Å². The number of dihydropyridines is 1. The molecule has 2 heterocycles. The standard InChI is InChI=1S/C26H26Cl2N4O3/c1-15-21(25-30-20(31-35-25)14-32(3)13-17-9-6-5-7-10-17)23(18-11-8-12-19(27)24(18)28)22(16(2)29-15)26(33)34-4/h5-12,23,29H,13-14H2,1-4H3. The highest BCUT2D eigenvalue weighted by Gasteiger charge is 2.38. The van der Waals surface area contributed by atoms with Crippen LogP contribution in [0.25, 0.3) is 5.57 Å². The van der Waals surface area contributed by atoms with E-state index in [1.54, 1.807) is 12.1 Å². The van der Waals surface area contributed by atoms with E-state index in [0.29, 0.717) is 50.7 Å². The molecule has 182 valence electrons. The van der Waals surface area contributed by atoms with Gasteiger partial charge in [0.2, 0.25) is 0 Å². The first kappa shape index (κ1) is 25.0. The van der Waals surface area contributed by atoms with Crippen molar-refractivity contribution in [3.05, 3.63) is 98.4 Å². The van der Waals surface area contributed by atoms with Crippen LogP contribution in [0.15, 0.2) is 70.0 Å². The second kappa shape index (κ2) is 10.6. The van der Waals surface area contributed by atoms with E-state index in [9.17, 15) is 4.79 Å².